The Balaban J connectivity index is 3.04. The summed E-state index contributed by atoms with van der Waals surface area (Å²) in [7, 11) is 1.76. The standard InChI is InChI=1S/C14H24N2O3/c1-4-6-7-16(5-2)9-12-14(19)13(18)8-11(10-17)15(12)3/h8,17,19H,4-7,9-10H2,1-3H3. The Morgan fingerprint density at radius 3 is 2.58 bits per heavy atom. The van der Waals surface area contributed by atoms with Crippen LogP contribution in [0.5, 0.6) is 5.75 Å². The van der Waals surface area contributed by atoms with Crippen LogP contribution >= 0.6 is 0 Å². The normalized spacial score (nSPS) is 11.2. The van der Waals surface area contributed by atoms with Gasteiger partial charge in [0.05, 0.1) is 12.3 Å². The fraction of sp³-hybridized carbons (Fsp3) is 0.643. The summed E-state index contributed by atoms with van der Waals surface area (Å²) in [6.07, 6.45) is 2.19. The molecule has 1 aromatic heterocycles. The van der Waals surface area contributed by atoms with Gasteiger partial charge in [-0.25, -0.2) is 0 Å². The zero-order valence-corrected chi connectivity index (χ0v) is 12.0. The molecule has 0 saturated carbocycles. The molecule has 5 heteroatoms. The molecule has 5 nitrogen and oxygen atoms in total. The molecule has 0 aliphatic carbocycles. The molecule has 0 radical (unpaired) electrons. The maximum atomic E-state index is 11.7. The molecule has 0 spiro atoms. The lowest BCUT2D eigenvalue weighted by Crippen LogP contribution is -2.27. The third kappa shape index (κ3) is 3.81. The monoisotopic (exact) mass is 268 g/mol. The summed E-state index contributed by atoms with van der Waals surface area (Å²) in [6, 6.07) is 1.28. The van der Waals surface area contributed by atoms with Gasteiger partial charge < -0.3 is 14.8 Å². The molecule has 108 valence electrons. The third-order valence-corrected chi connectivity index (χ3v) is 3.45. The predicted molar refractivity (Wildman–Crippen MR) is 75.1 cm³/mol. The lowest BCUT2D eigenvalue weighted by atomic mass is 10.2. The van der Waals surface area contributed by atoms with Crippen molar-refractivity contribution in [3.05, 3.63) is 27.7 Å². The average molecular weight is 268 g/mol. The summed E-state index contributed by atoms with van der Waals surface area (Å²) in [5.74, 6) is -0.213. The Bertz CT molecular complexity index is 468. The number of aliphatic hydroxyl groups is 1. The van der Waals surface area contributed by atoms with Crippen molar-refractivity contribution >= 4 is 0 Å². The largest absolute Gasteiger partial charge is 0.503 e. The Labute approximate surface area is 114 Å². The second-order valence-corrected chi connectivity index (χ2v) is 4.73. The quantitative estimate of drug-likeness (QED) is 0.780. The average Bonchev–Trinajstić information content (AvgIpc) is 2.42. The van der Waals surface area contributed by atoms with Gasteiger partial charge in [0.2, 0.25) is 5.43 Å². The van der Waals surface area contributed by atoms with E-state index in [1.165, 1.54) is 6.07 Å². The zero-order chi connectivity index (χ0) is 14.4. The van der Waals surface area contributed by atoms with Crippen LogP contribution in [0.25, 0.3) is 0 Å². The fourth-order valence-electron chi connectivity index (χ4n) is 2.07. The van der Waals surface area contributed by atoms with Crippen molar-refractivity contribution in [2.75, 3.05) is 13.1 Å². The van der Waals surface area contributed by atoms with Crippen molar-refractivity contribution in [3.63, 3.8) is 0 Å². The molecule has 0 saturated heterocycles. The number of hydrogen-bond acceptors (Lipinski definition) is 4. The molecule has 0 aliphatic heterocycles. The van der Waals surface area contributed by atoms with E-state index < -0.39 is 5.43 Å². The molecule has 0 bridgehead atoms. The van der Waals surface area contributed by atoms with Crippen molar-refractivity contribution < 1.29 is 10.2 Å². The van der Waals surface area contributed by atoms with Crippen LogP contribution in [0.1, 0.15) is 38.1 Å². The summed E-state index contributed by atoms with van der Waals surface area (Å²) in [5.41, 5.74) is 0.655. The number of aromatic nitrogens is 1. The highest BCUT2D eigenvalue weighted by Crippen LogP contribution is 2.16. The Morgan fingerprint density at radius 2 is 2.05 bits per heavy atom. The van der Waals surface area contributed by atoms with Crippen LogP contribution in [0, 0.1) is 0 Å². The number of hydrogen-bond donors (Lipinski definition) is 2. The Morgan fingerprint density at radius 1 is 1.37 bits per heavy atom. The summed E-state index contributed by atoms with van der Waals surface area (Å²) in [6.45, 7) is 6.29. The van der Waals surface area contributed by atoms with Crippen LogP contribution in [0.3, 0.4) is 0 Å². The van der Waals surface area contributed by atoms with Gasteiger partial charge in [0.1, 0.15) is 0 Å². The van der Waals surface area contributed by atoms with Crippen LogP contribution in [0.15, 0.2) is 10.9 Å². The van der Waals surface area contributed by atoms with Gasteiger partial charge in [-0.1, -0.05) is 20.3 Å². The first kappa shape index (κ1) is 15.7. The summed E-state index contributed by atoms with van der Waals surface area (Å²) in [5, 5.41) is 19.2. The van der Waals surface area contributed by atoms with E-state index >= 15 is 0 Å². The highest BCUT2D eigenvalue weighted by Gasteiger charge is 2.14. The Kier molecular flexibility index (Phi) is 6.05. The Hall–Kier alpha value is -1.33. The van der Waals surface area contributed by atoms with E-state index in [1.807, 2.05) is 0 Å². The summed E-state index contributed by atoms with van der Waals surface area (Å²) < 4.78 is 1.70. The molecule has 1 rings (SSSR count). The lowest BCUT2D eigenvalue weighted by molar-refractivity contribution is 0.252. The maximum Gasteiger partial charge on any atom is 0.223 e. The van der Waals surface area contributed by atoms with Gasteiger partial charge in [-0.05, 0) is 19.5 Å². The highest BCUT2D eigenvalue weighted by atomic mass is 16.3. The molecule has 19 heavy (non-hydrogen) atoms. The van der Waals surface area contributed by atoms with Crippen molar-refractivity contribution in [2.45, 2.75) is 39.8 Å². The minimum absolute atomic E-state index is 0.208. The van der Waals surface area contributed by atoms with E-state index in [0.717, 1.165) is 25.9 Å². The van der Waals surface area contributed by atoms with Gasteiger partial charge in [0.15, 0.2) is 5.75 Å². The van der Waals surface area contributed by atoms with Gasteiger partial charge in [-0.3, -0.25) is 9.69 Å². The second-order valence-electron chi connectivity index (χ2n) is 4.73. The van der Waals surface area contributed by atoms with E-state index in [9.17, 15) is 15.0 Å². The fourth-order valence-corrected chi connectivity index (χ4v) is 2.07. The smallest absolute Gasteiger partial charge is 0.223 e. The molecule has 2 N–H and O–H groups in total. The SMILES string of the molecule is CCCCN(CC)Cc1c(O)c(=O)cc(CO)n1C. The lowest BCUT2D eigenvalue weighted by Gasteiger charge is -2.23. The number of aromatic hydroxyl groups is 1. The number of aliphatic hydroxyl groups excluding tert-OH is 1. The molecular formula is C14H24N2O3. The van der Waals surface area contributed by atoms with Crippen molar-refractivity contribution in [2.24, 2.45) is 7.05 Å². The van der Waals surface area contributed by atoms with Crippen LogP contribution in [0.2, 0.25) is 0 Å². The third-order valence-electron chi connectivity index (χ3n) is 3.45. The van der Waals surface area contributed by atoms with Crippen molar-refractivity contribution in [1.29, 1.82) is 0 Å². The molecule has 0 fully saturated rings. The molecular weight excluding hydrogens is 244 g/mol. The van der Waals surface area contributed by atoms with E-state index in [4.69, 9.17) is 0 Å². The number of rotatable bonds is 7. The molecule has 0 aromatic carbocycles. The zero-order valence-electron chi connectivity index (χ0n) is 12.0. The summed E-state index contributed by atoms with van der Waals surface area (Å²) in [4.78, 5) is 13.8. The molecule has 0 aliphatic rings. The van der Waals surface area contributed by atoms with E-state index in [2.05, 4.69) is 18.7 Å². The van der Waals surface area contributed by atoms with E-state index in [0.29, 0.717) is 17.9 Å². The minimum atomic E-state index is -0.427. The van der Waals surface area contributed by atoms with Crippen LogP contribution < -0.4 is 5.43 Å². The number of pyridine rings is 1. The molecule has 1 heterocycles. The molecule has 1 aromatic rings. The maximum absolute atomic E-state index is 11.7. The predicted octanol–water partition coefficient (Wildman–Crippen LogP) is 1.21. The van der Waals surface area contributed by atoms with E-state index in [1.54, 1.807) is 11.6 Å². The molecule has 0 atom stereocenters. The topological polar surface area (TPSA) is 65.7 Å². The summed E-state index contributed by atoms with van der Waals surface area (Å²) >= 11 is 0. The highest BCUT2D eigenvalue weighted by molar-refractivity contribution is 5.29. The first-order chi connectivity index (χ1) is 9.04. The van der Waals surface area contributed by atoms with Gasteiger partial charge in [-0.2, -0.15) is 0 Å². The molecule has 0 amide bonds. The minimum Gasteiger partial charge on any atom is -0.503 e. The number of unbranched alkanes of at least 4 members (excludes halogenated alkanes) is 1. The van der Waals surface area contributed by atoms with Gasteiger partial charge in [0.25, 0.3) is 0 Å². The second kappa shape index (κ2) is 7.31. The first-order valence-corrected chi connectivity index (χ1v) is 6.79. The van der Waals surface area contributed by atoms with E-state index in [-0.39, 0.29) is 12.4 Å². The molecule has 0 unspecified atom stereocenters. The van der Waals surface area contributed by atoms with Crippen molar-refractivity contribution in [3.8, 4) is 5.75 Å². The van der Waals surface area contributed by atoms with Crippen LogP contribution in [0.4, 0.5) is 0 Å². The number of nitrogens with zero attached hydrogens (tertiary/aromatic N) is 2. The van der Waals surface area contributed by atoms with Crippen molar-refractivity contribution in [1.82, 2.24) is 9.47 Å². The van der Waals surface area contributed by atoms with Gasteiger partial charge in [0, 0.05) is 25.4 Å². The van der Waals surface area contributed by atoms with Crippen LogP contribution in [-0.4, -0.2) is 32.8 Å². The van der Waals surface area contributed by atoms with Crippen LogP contribution in [-0.2, 0) is 20.2 Å². The van der Waals surface area contributed by atoms with Gasteiger partial charge in [-0.15, -0.1) is 0 Å². The first-order valence-electron chi connectivity index (χ1n) is 6.79. The van der Waals surface area contributed by atoms with Gasteiger partial charge >= 0.3 is 0 Å².